The predicted molar refractivity (Wildman–Crippen MR) is 134 cm³/mol. The van der Waals surface area contributed by atoms with Crippen molar-refractivity contribution in [3.8, 4) is 0 Å². The molecular formula is C19H24BrN8O10P. The molecule has 39 heavy (non-hydrogen) atoms. The Kier molecular flexibility index (Phi) is 7.15. The highest BCUT2D eigenvalue weighted by Crippen LogP contribution is 2.50. The lowest BCUT2D eigenvalue weighted by atomic mass is 9.89. The third kappa shape index (κ3) is 5.24. The molecule has 0 radical (unpaired) electrons. The highest BCUT2D eigenvalue weighted by Gasteiger charge is 2.55. The van der Waals surface area contributed by atoms with Crippen LogP contribution in [0.3, 0.4) is 0 Å². The number of hydrogen-bond acceptors (Lipinski definition) is 13. The third-order valence-electron chi connectivity index (χ3n) is 6.66. The molecule has 2 saturated heterocycles. The van der Waals surface area contributed by atoms with Crippen molar-refractivity contribution in [1.29, 1.82) is 0 Å². The normalized spacial score (nSPS) is 29.4. The topological polar surface area (TPSA) is 276 Å². The summed E-state index contributed by atoms with van der Waals surface area (Å²) in [4.78, 5) is 57.8. The van der Waals surface area contributed by atoms with Gasteiger partial charge in [0.2, 0.25) is 5.95 Å². The Morgan fingerprint density at radius 3 is 2.67 bits per heavy atom. The van der Waals surface area contributed by atoms with Gasteiger partial charge in [0, 0.05) is 25.5 Å². The molecule has 0 aliphatic carbocycles. The van der Waals surface area contributed by atoms with Crippen LogP contribution >= 0.6 is 23.8 Å². The molecule has 1 unspecified atom stereocenters. The molecule has 20 heteroatoms. The van der Waals surface area contributed by atoms with Crippen molar-refractivity contribution >= 4 is 46.7 Å². The van der Waals surface area contributed by atoms with Crippen LogP contribution < -0.4 is 22.7 Å². The molecular weight excluding hydrogens is 611 g/mol. The lowest BCUT2D eigenvalue weighted by Crippen LogP contribution is -2.48. The largest absolute Gasteiger partial charge is 0.469 e. The second-order valence-electron chi connectivity index (χ2n) is 9.19. The molecule has 2 fully saturated rings. The first-order valence-electron chi connectivity index (χ1n) is 11.4. The zero-order valence-electron chi connectivity index (χ0n) is 19.8. The Morgan fingerprint density at radius 1 is 1.23 bits per heavy atom. The molecule has 18 nitrogen and oxygen atoms in total. The minimum atomic E-state index is -5.09. The Labute approximate surface area is 225 Å². The number of fused-ring (bicyclic) bond motifs is 1. The molecule has 212 valence electrons. The van der Waals surface area contributed by atoms with Crippen LogP contribution in [0.4, 0.5) is 11.8 Å². The Morgan fingerprint density at radius 2 is 1.97 bits per heavy atom. The van der Waals surface area contributed by atoms with E-state index < -0.39 is 62.0 Å². The summed E-state index contributed by atoms with van der Waals surface area (Å²) in [5.74, 6) is -0.227. The molecule has 2 aliphatic heterocycles. The number of phosphoric acid groups is 1. The van der Waals surface area contributed by atoms with Crippen LogP contribution in [0.15, 0.2) is 26.6 Å². The molecule has 9 N–H and O–H groups in total. The molecule has 0 aromatic carbocycles. The van der Waals surface area contributed by atoms with Gasteiger partial charge in [0.25, 0.3) is 5.56 Å². The van der Waals surface area contributed by atoms with Crippen LogP contribution in [0.1, 0.15) is 31.7 Å². The second kappa shape index (κ2) is 10.0. The highest BCUT2D eigenvalue weighted by atomic mass is 79.9. The number of nitrogen functional groups attached to an aromatic ring is 2. The number of nitrogens with zero attached hydrogens (tertiary/aromatic N) is 5. The zero-order chi connectivity index (χ0) is 28.3. The summed E-state index contributed by atoms with van der Waals surface area (Å²) in [5, 5.41) is 21.2. The molecule has 6 atom stereocenters. The number of rotatable bonds is 7. The fourth-order valence-corrected chi connectivity index (χ4v) is 5.80. The quantitative estimate of drug-likeness (QED) is 0.145. The third-order valence-corrected chi connectivity index (χ3v) is 7.80. The number of anilines is 2. The number of aromatic nitrogens is 6. The first-order valence-corrected chi connectivity index (χ1v) is 13.7. The molecule has 3 aromatic heterocycles. The van der Waals surface area contributed by atoms with Gasteiger partial charge in [0.1, 0.15) is 30.0 Å². The highest BCUT2D eigenvalue weighted by molar-refractivity contribution is 9.10. The van der Waals surface area contributed by atoms with Gasteiger partial charge < -0.3 is 40.9 Å². The van der Waals surface area contributed by atoms with Gasteiger partial charge >= 0.3 is 13.5 Å². The molecule has 0 bridgehead atoms. The summed E-state index contributed by atoms with van der Waals surface area (Å²) in [6.07, 6.45) is -3.65. The van der Waals surface area contributed by atoms with E-state index in [1.54, 1.807) is 0 Å². The summed E-state index contributed by atoms with van der Waals surface area (Å²) >= 11 is 3.18. The van der Waals surface area contributed by atoms with Crippen LogP contribution in [0.2, 0.25) is 0 Å². The van der Waals surface area contributed by atoms with Crippen LogP contribution in [0.5, 0.6) is 0 Å². The average molecular weight is 635 g/mol. The Hall–Kier alpha value is -2.74. The minimum Gasteiger partial charge on any atom is -0.393 e. The number of aliphatic hydroxyl groups excluding tert-OH is 2. The first-order chi connectivity index (χ1) is 18.3. The number of nitrogens with two attached hydrogens (primary N) is 2. The monoisotopic (exact) mass is 634 g/mol. The van der Waals surface area contributed by atoms with Gasteiger partial charge in [-0.3, -0.25) is 23.4 Å². The van der Waals surface area contributed by atoms with E-state index in [0.29, 0.717) is 4.47 Å². The summed E-state index contributed by atoms with van der Waals surface area (Å²) in [7, 11) is -5.09. The number of H-pyrrole nitrogens is 1. The zero-order valence-corrected chi connectivity index (χ0v) is 22.3. The molecule has 5 rings (SSSR count). The first kappa shape index (κ1) is 27.8. The fourth-order valence-electron chi connectivity index (χ4n) is 4.88. The van der Waals surface area contributed by atoms with Gasteiger partial charge in [0.15, 0.2) is 11.2 Å². The van der Waals surface area contributed by atoms with E-state index in [1.165, 1.54) is 17.1 Å². The van der Waals surface area contributed by atoms with Crippen molar-refractivity contribution in [2.45, 2.75) is 55.6 Å². The van der Waals surface area contributed by atoms with Gasteiger partial charge in [-0.25, -0.2) is 14.3 Å². The maximum atomic E-state index is 12.4. The maximum absolute atomic E-state index is 12.4. The number of halogens is 1. The second-order valence-corrected chi connectivity index (χ2v) is 11.2. The standard InChI is InChI=1S/C19H24BrN8O10P/c20-7-4-27(18(32)24-14(7)21)11-1-8(30)9(36-11)3-19(5-29)10(38-39(33,34)35)2-12(37-19)28-6-23-13-15(28)25-17(22)26-16(13)31/h4,6,8-12,29-30H,1-3,5H2,(H2,21,24,32)(H2,33,34,35)(H3,22,25,26,31)/t8-,9?,10-,11+,12+,19+/m0/s1. The van der Waals surface area contributed by atoms with E-state index in [4.69, 9.17) is 25.5 Å². The van der Waals surface area contributed by atoms with Gasteiger partial charge in [0.05, 0.1) is 29.6 Å². The number of nitrogens with one attached hydrogen (secondary N) is 1. The smallest absolute Gasteiger partial charge is 0.393 e. The SMILES string of the molecule is Nc1nc2c(ncn2[C@H]2C[C@H](OP(=O)(O)O)[C@](CO)(CC3O[C@@H](n4cc(Br)c(N)nc4=O)C[C@@H]3O)O2)c(=O)[nH]1. The molecule has 0 amide bonds. The van der Waals surface area contributed by atoms with E-state index >= 15 is 0 Å². The summed E-state index contributed by atoms with van der Waals surface area (Å²) < 4.78 is 31.6. The molecule has 0 saturated carbocycles. The number of imidazole rings is 1. The van der Waals surface area contributed by atoms with Crippen molar-refractivity contribution < 1.29 is 38.6 Å². The van der Waals surface area contributed by atoms with Crippen molar-refractivity contribution in [2.24, 2.45) is 0 Å². The van der Waals surface area contributed by atoms with E-state index in [0.717, 1.165) is 4.57 Å². The fraction of sp³-hybridized carbons (Fsp3) is 0.526. The van der Waals surface area contributed by atoms with Crippen LogP contribution in [-0.2, 0) is 18.6 Å². The van der Waals surface area contributed by atoms with Gasteiger partial charge in [-0.15, -0.1) is 0 Å². The Bertz CT molecular complexity index is 1570. The summed E-state index contributed by atoms with van der Waals surface area (Å²) in [6, 6.07) is 0. The van der Waals surface area contributed by atoms with Crippen molar-refractivity contribution in [3.05, 3.63) is 37.8 Å². The number of aliphatic hydroxyl groups is 2. The van der Waals surface area contributed by atoms with Crippen LogP contribution in [0, 0.1) is 0 Å². The molecule has 3 aromatic rings. The number of aromatic amines is 1. The van der Waals surface area contributed by atoms with Crippen molar-refractivity contribution in [2.75, 3.05) is 18.1 Å². The Balaban J connectivity index is 1.46. The summed E-state index contributed by atoms with van der Waals surface area (Å²) in [6.45, 7) is -0.802. The molecule has 0 spiro atoms. The lowest BCUT2D eigenvalue weighted by Gasteiger charge is -2.35. The van der Waals surface area contributed by atoms with Gasteiger partial charge in [-0.05, 0) is 15.9 Å². The number of hydrogen-bond donors (Lipinski definition) is 7. The van der Waals surface area contributed by atoms with Gasteiger partial charge in [-0.1, -0.05) is 0 Å². The van der Waals surface area contributed by atoms with Crippen LogP contribution in [0.25, 0.3) is 11.2 Å². The van der Waals surface area contributed by atoms with E-state index in [-0.39, 0.29) is 42.2 Å². The maximum Gasteiger partial charge on any atom is 0.469 e. The molecule has 2 aliphatic rings. The predicted octanol–water partition coefficient (Wildman–Crippen LogP) is -1.53. The van der Waals surface area contributed by atoms with Gasteiger partial charge in [-0.2, -0.15) is 9.97 Å². The lowest BCUT2D eigenvalue weighted by molar-refractivity contribution is -0.156. The van der Waals surface area contributed by atoms with Crippen molar-refractivity contribution in [3.63, 3.8) is 0 Å². The minimum absolute atomic E-state index is 0.0290. The number of phosphoric ester groups is 1. The van der Waals surface area contributed by atoms with E-state index in [2.05, 4.69) is 35.9 Å². The number of ether oxygens (including phenoxy) is 2. The van der Waals surface area contributed by atoms with E-state index in [1.807, 2.05) is 0 Å². The molecule has 5 heterocycles. The summed E-state index contributed by atoms with van der Waals surface area (Å²) in [5.41, 5.74) is 8.12. The van der Waals surface area contributed by atoms with Crippen LogP contribution in [-0.4, -0.2) is 79.6 Å². The van der Waals surface area contributed by atoms with E-state index in [9.17, 15) is 34.2 Å². The average Bonchev–Trinajstić information content (AvgIpc) is 3.51. The van der Waals surface area contributed by atoms with Crippen molar-refractivity contribution in [1.82, 2.24) is 29.1 Å².